The second kappa shape index (κ2) is 3.46. The molecule has 0 aliphatic rings. The molecule has 0 aliphatic heterocycles. The highest BCUT2D eigenvalue weighted by molar-refractivity contribution is 5.83. The fourth-order valence-electron chi connectivity index (χ4n) is 2.04. The van der Waals surface area contributed by atoms with Crippen molar-refractivity contribution in [3.8, 4) is 0 Å². The van der Waals surface area contributed by atoms with Gasteiger partial charge in [-0.05, 0) is 19.9 Å². The van der Waals surface area contributed by atoms with Gasteiger partial charge in [0.15, 0.2) is 0 Å². The van der Waals surface area contributed by atoms with Crippen LogP contribution in [0.2, 0.25) is 0 Å². The summed E-state index contributed by atoms with van der Waals surface area (Å²) >= 11 is 0. The van der Waals surface area contributed by atoms with Gasteiger partial charge < -0.3 is 0 Å². The molecular formula is C11H9N5O2. The van der Waals surface area contributed by atoms with Gasteiger partial charge in [0, 0.05) is 23.5 Å². The van der Waals surface area contributed by atoms with Gasteiger partial charge in [0.05, 0.1) is 10.4 Å². The molecule has 0 saturated carbocycles. The van der Waals surface area contributed by atoms with Crippen molar-refractivity contribution in [3.05, 3.63) is 40.0 Å². The van der Waals surface area contributed by atoms with Gasteiger partial charge >= 0.3 is 5.69 Å². The molecule has 0 unspecified atom stereocenters. The molecule has 3 rings (SSSR count). The van der Waals surface area contributed by atoms with Gasteiger partial charge in [-0.25, -0.2) is 9.50 Å². The molecule has 0 bridgehead atoms. The van der Waals surface area contributed by atoms with Gasteiger partial charge in [0.25, 0.3) is 0 Å². The highest BCUT2D eigenvalue weighted by Crippen LogP contribution is 2.25. The van der Waals surface area contributed by atoms with Gasteiger partial charge in [-0.2, -0.15) is 5.10 Å². The van der Waals surface area contributed by atoms with E-state index in [0.717, 1.165) is 16.6 Å². The summed E-state index contributed by atoms with van der Waals surface area (Å²) in [6.45, 7) is 3.47. The Balaban J connectivity index is 2.54. The molecule has 90 valence electrons. The van der Waals surface area contributed by atoms with Crippen LogP contribution in [-0.4, -0.2) is 24.5 Å². The Labute approximate surface area is 101 Å². The molecule has 0 aromatic carbocycles. The zero-order valence-electron chi connectivity index (χ0n) is 9.78. The fourth-order valence-corrected chi connectivity index (χ4v) is 2.04. The standard InChI is InChI=1S/C11H9N5O2/c1-6-8-5-13-11-10(16(17)18)7(2)14-15(11)9(8)3-4-12-6/h3-5H,1-2H3. The average molecular weight is 243 g/mol. The third kappa shape index (κ3) is 1.27. The minimum absolute atomic E-state index is 0.0497. The lowest BCUT2D eigenvalue weighted by Gasteiger charge is -2.01. The van der Waals surface area contributed by atoms with Crippen LogP contribution in [0.15, 0.2) is 18.5 Å². The van der Waals surface area contributed by atoms with E-state index in [0.29, 0.717) is 5.69 Å². The first-order valence-corrected chi connectivity index (χ1v) is 5.33. The van der Waals surface area contributed by atoms with Gasteiger partial charge in [-0.15, -0.1) is 0 Å². The summed E-state index contributed by atoms with van der Waals surface area (Å²) < 4.78 is 1.50. The average Bonchev–Trinajstić information content (AvgIpc) is 2.66. The number of hydrogen-bond acceptors (Lipinski definition) is 5. The molecule has 3 aromatic rings. The van der Waals surface area contributed by atoms with Crippen LogP contribution >= 0.6 is 0 Å². The molecule has 7 heteroatoms. The second-order valence-corrected chi connectivity index (χ2v) is 4.01. The predicted octanol–water partition coefficient (Wildman–Crippen LogP) is 1.80. The van der Waals surface area contributed by atoms with Crippen LogP contribution in [-0.2, 0) is 0 Å². The molecule has 0 fully saturated rings. The Morgan fingerprint density at radius 3 is 2.78 bits per heavy atom. The zero-order chi connectivity index (χ0) is 12.9. The van der Waals surface area contributed by atoms with Gasteiger partial charge in [0.1, 0.15) is 5.69 Å². The Kier molecular flexibility index (Phi) is 2.03. The third-order valence-corrected chi connectivity index (χ3v) is 2.90. The monoisotopic (exact) mass is 243 g/mol. The minimum Gasteiger partial charge on any atom is -0.261 e. The summed E-state index contributed by atoms with van der Waals surface area (Å²) in [5.74, 6) is 0. The Morgan fingerprint density at radius 2 is 2.06 bits per heavy atom. The Hall–Kier alpha value is -2.57. The van der Waals surface area contributed by atoms with Crippen LogP contribution < -0.4 is 0 Å². The summed E-state index contributed by atoms with van der Waals surface area (Å²) in [4.78, 5) is 18.8. The lowest BCUT2D eigenvalue weighted by atomic mass is 10.2. The summed E-state index contributed by atoms with van der Waals surface area (Å²) in [6, 6.07) is 1.77. The molecule has 0 spiro atoms. The smallest absolute Gasteiger partial charge is 0.261 e. The van der Waals surface area contributed by atoms with E-state index in [1.54, 1.807) is 25.4 Å². The lowest BCUT2D eigenvalue weighted by molar-refractivity contribution is -0.383. The number of aryl methyl sites for hydroxylation is 2. The summed E-state index contributed by atoms with van der Waals surface area (Å²) in [5, 5.41) is 16.0. The summed E-state index contributed by atoms with van der Waals surface area (Å²) in [7, 11) is 0. The Morgan fingerprint density at radius 1 is 1.28 bits per heavy atom. The van der Waals surface area contributed by atoms with Crippen molar-refractivity contribution in [2.75, 3.05) is 0 Å². The molecule has 0 saturated heterocycles. The first-order chi connectivity index (χ1) is 8.59. The molecule has 3 aromatic heterocycles. The molecular weight excluding hydrogens is 234 g/mol. The van der Waals surface area contributed by atoms with E-state index in [-0.39, 0.29) is 11.3 Å². The second-order valence-electron chi connectivity index (χ2n) is 4.01. The van der Waals surface area contributed by atoms with E-state index in [2.05, 4.69) is 15.1 Å². The van der Waals surface area contributed by atoms with E-state index < -0.39 is 4.92 Å². The normalized spacial score (nSPS) is 11.2. The summed E-state index contributed by atoms with van der Waals surface area (Å²) in [6.07, 6.45) is 3.25. The summed E-state index contributed by atoms with van der Waals surface area (Å²) in [5.41, 5.74) is 2.15. The van der Waals surface area contributed by atoms with E-state index in [1.165, 1.54) is 4.52 Å². The lowest BCUT2D eigenvalue weighted by Crippen LogP contribution is -1.96. The fraction of sp³-hybridized carbons (Fsp3) is 0.182. The number of aromatic nitrogens is 4. The van der Waals surface area contributed by atoms with Crippen molar-refractivity contribution in [1.29, 1.82) is 0 Å². The number of nitrogens with zero attached hydrogens (tertiary/aromatic N) is 5. The number of nitro groups is 1. The van der Waals surface area contributed by atoms with Crippen LogP contribution in [0, 0.1) is 24.0 Å². The van der Waals surface area contributed by atoms with Crippen molar-refractivity contribution >= 4 is 22.2 Å². The van der Waals surface area contributed by atoms with E-state index in [1.807, 2.05) is 6.92 Å². The van der Waals surface area contributed by atoms with Crippen molar-refractivity contribution < 1.29 is 4.92 Å². The van der Waals surface area contributed by atoms with E-state index in [9.17, 15) is 10.1 Å². The van der Waals surface area contributed by atoms with Crippen LogP contribution in [0.5, 0.6) is 0 Å². The molecule has 0 amide bonds. The van der Waals surface area contributed by atoms with E-state index in [4.69, 9.17) is 0 Å². The molecule has 18 heavy (non-hydrogen) atoms. The maximum Gasteiger partial charge on any atom is 0.336 e. The molecule has 0 atom stereocenters. The number of fused-ring (bicyclic) bond motifs is 3. The highest BCUT2D eigenvalue weighted by atomic mass is 16.6. The first kappa shape index (κ1) is 10.6. The number of pyridine rings is 1. The quantitative estimate of drug-likeness (QED) is 0.480. The van der Waals surface area contributed by atoms with Crippen LogP contribution in [0.1, 0.15) is 11.4 Å². The minimum atomic E-state index is -0.454. The van der Waals surface area contributed by atoms with E-state index >= 15 is 0 Å². The van der Waals surface area contributed by atoms with Crippen molar-refractivity contribution in [2.24, 2.45) is 0 Å². The topological polar surface area (TPSA) is 86.2 Å². The van der Waals surface area contributed by atoms with Crippen molar-refractivity contribution in [1.82, 2.24) is 19.6 Å². The largest absolute Gasteiger partial charge is 0.336 e. The SMILES string of the molecule is Cc1nn2c(ncc3c(C)nccc32)c1[N+](=O)[O-]. The molecule has 0 aliphatic carbocycles. The predicted molar refractivity (Wildman–Crippen MR) is 64.4 cm³/mol. The zero-order valence-corrected chi connectivity index (χ0v) is 9.78. The maximum atomic E-state index is 11.0. The van der Waals surface area contributed by atoms with Gasteiger partial charge in [-0.1, -0.05) is 0 Å². The van der Waals surface area contributed by atoms with Crippen molar-refractivity contribution in [3.63, 3.8) is 0 Å². The molecule has 0 radical (unpaired) electrons. The van der Waals surface area contributed by atoms with Crippen molar-refractivity contribution in [2.45, 2.75) is 13.8 Å². The van der Waals surface area contributed by atoms with Gasteiger partial charge in [-0.3, -0.25) is 15.1 Å². The highest BCUT2D eigenvalue weighted by Gasteiger charge is 2.22. The van der Waals surface area contributed by atoms with Gasteiger partial charge in [0.2, 0.25) is 5.65 Å². The van der Waals surface area contributed by atoms with Crippen LogP contribution in [0.25, 0.3) is 16.6 Å². The molecule has 7 nitrogen and oxygen atoms in total. The molecule has 0 N–H and O–H groups in total. The van der Waals surface area contributed by atoms with Crippen LogP contribution in [0.3, 0.4) is 0 Å². The number of rotatable bonds is 1. The third-order valence-electron chi connectivity index (χ3n) is 2.90. The van der Waals surface area contributed by atoms with Crippen LogP contribution in [0.4, 0.5) is 5.69 Å². The molecule has 3 heterocycles. The number of hydrogen-bond donors (Lipinski definition) is 0. The first-order valence-electron chi connectivity index (χ1n) is 5.33. The maximum absolute atomic E-state index is 11.0. The Bertz CT molecular complexity index is 793.